The second kappa shape index (κ2) is 5.62. The minimum Gasteiger partial charge on any atom is -0.466 e. The molecule has 3 heterocycles. The van der Waals surface area contributed by atoms with Crippen LogP contribution in [0.1, 0.15) is 31.3 Å². The number of nitrogens with two attached hydrogens (primary N) is 1. The molecule has 1 aromatic heterocycles. The lowest BCUT2D eigenvalue weighted by Crippen LogP contribution is -2.44. The highest BCUT2D eigenvalue weighted by Crippen LogP contribution is 2.28. The van der Waals surface area contributed by atoms with Crippen molar-refractivity contribution in [2.24, 2.45) is 5.73 Å². The van der Waals surface area contributed by atoms with E-state index in [-0.39, 0.29) is 24.4 Å². The van der Waals surface area contributed by atoms with E-state index in [0.717, 1.165) is 16.4 Å². The third kappa shape index (κ3) is 2.77. The number of carbonyl (C=O) groups excluding carboxylic acids is 3. The summed E-state index contributed by atoms with van der Waals surface area (Å²) >= 11 is 0. The fourth-order valence-electron chi connectivity index (χ4n) is 3.18. The number of carbonyl (C=O) groups is 3. The van der Waals surface area contributed by atoms with Gasteiger partial charge < -0.3 is 20.4 Å². The zero-order valence-electron chi connectivity index (χ0n) is 14.0. The Morgan fingerprint density at radius 1 is 1.38 bits per heavy atom. The molecule has 1 aromatic rings. The van der Waals surface area contributed by atoms with Crippen LogP contribution in [0.4, 0.5) is 4.79 Å². The van der Waals surface area contributed by atoms with Gasteiger partial charge in [-0.15, -0.1) is 0 Å². The van der Waals surface area contributed by atoms with E-state index in [1.165, 1.54) is 0 Å². The maximum absolute atomic E-state index is 12.5. The quantitative estimate of drug-likeness (QED) is 0.766. The summed E-state index contributed by atoms with van der Waals surface area (Å²) in [6.07, 6.45) is 0. The maximum Gasteiger partial charge on any atom is 0.325 e. The predicted molar refractivity (Wildman–Crippen MR) is 85.1 cm³/mol. The standard InChI is InChI=1S/C16H22N4O4/c1-9-4-5-12(24-9)10-6-19(7-11(10)17)13(21)8-20-14(22)16(2,3)18-15(20)23/h4-5,10-11H,6-8,17H2,1-3H3,(H,18,23)/t10-,11-/m0/s1. The van der Waals surface area contributed by atoms with Gasteiger partial charge >= 0.3 is 6.03 Å². The van der Waals surface area contributed by atoms with E-state index in [1.807, 2.05) is 19.1 Å². The van der Waals surface area contributed by atoms with E-state index < -0.39 is 17.5 Å². The number of urea groups is 1. The van der Waals surface area contributed by atoms with Gasteiger partial charge in [-0.05, 0) is 32.9 Å². The highest BCUT2D eigenvalue weighted by molar-refractivity contribution is 6.08. The first-order valence-electron chi connectivity index (χ1n) is 7.93. The van der Waals surface area contributed by atoms with Crippen LogP contribution in [0.15, 0.2) is 16.5 Å². The number of rotatable bonds is 3. The van der Waals surface area contributed by atoms with Crippen molar-refractivity contribution in [1.82, 2.24) is 15.1 Å². The molecule has 0 unspecified atom stereocenters. The minimum absolute atomic E-state index is 0.0813. The molecule has 4 amide bonds. The van der Waals surface area contributed by atoms with Crippen molar-refractivity contribution in [2.45, 2.75) is 38.3 Å². The van der Waals surface area contributed by atoms with Crippen LogP contribution in [-0.2, 0) is 9.59 Å². The first-order valence-corrected chi connectivity index (χ1v) is 7.93. The van der Waals surface area contributed by atoms with Crippen LogP contribution in [0, 0.1) is 6.92 Å². The number of imide groups is 1. The topological polar surface area (TPSA) is 109 Å². The minimum atomic E-state index is -0.979. The molecule has 8 nitrogen and oxygen atoms in total. The van der Waals surface area contributed by atoms with E-state index in [1.54, 1.807) is 18.7 Å². The van der Waals surface area contributed by atoms with Gasteiger partial charge in [-0.1, -0.05) is 0 Å². The van der Waals surface area contributed by atoms with E-state index in [4.69, 9.17) is 10.2 Å². The number of nitrogens with zero attached hydrogens (tertiary/aromatic N) is 2. The van der Waals surface area contributed by atoms with Gasteiger partial charge in [-0.3, -0.25) is 14.5 Å². The number of hydrogen-bond donors (Lipinski definition) is 2. The number of likely N-dealkylation sites (tertiary alicyclic amines) is 1. The highest BCUT2D eigenvalue weighted by Gasteiger charge is 2.46. The van der Waals surface area contributed by atoms with Crippen molar-refractivity contribution in [1.29, 1.82) is 0 Å². The second-order valence-electron chi connectivity index (χ2n) is 6.96. The van der Waals surface area contributed by atoms with Crippen LogP contribution in [0.2, 0.25) is 0 Å². The second-order valence-corrected chi connectivity index (χ2v) is 6.96. The Hall–Kier alpha value is -2.35. The molecule has 3 N–H and O–H groups in total. The van der Waals surface area contributed by atoms with Gasteiger partial charge in [0.15, 0.2) is 0 Å². The van der Waals surface area contributed by atoms with Crippen molar-refractivity contribution in [3.63, 3.8) is 0 Å². The summed E-state index contributed by atoms with van der Waals surface area (Å²) in [4.78, 5) is 39.1. The lowest BCUT2D eigenvalue weighted by Gasteiger charge is -2.20. The normalized spacial score (nSPS) is 26.2. The molecule has 2 aliphatic heterocycles. The predicted octanol–water partition coefficient (Wildman–Crippen LogP) is 0.172. The molecular weight excluding hydrogens is 312 g/mol. The number of nitrogens with one attached hydrogen (secondary N) is 1. The molecule has 130 valence electrons. The van der Waals surface area contributed by atoms with E-state index in [9.17, 15) is 14.4 Å². The fourth-order valence-corrected chi connectivity index (χ4v) is 3.18. The van der Waals surface area contributed by atoms with E-state index >= 15 is 0 Å². The van der Waals surface area contributed by atoms with Crippen molar-refractivity contribution in [3.05, 3.63) is 23.7 Å². The molecule has 0 spiro atoms. The van der Waals surface area contributed by atoms with E-state index in [2.05, 4.69) is 5.32 Å². The summed E-state index contributed by atoms with van der Waals surface area (Å²) in [6.45, 7) is 5.59. The largest absolute Gasteiger partial charge is 0.466 e. The zero-order valence-corrected chi connectivity index (χ0v) is 14.0. The number of amides is 4. The maximum atomic E-state index is 12.5. The average molecular weight is 334 g/mol. The molecule has 0 saturated carbocycles. The molecule has 3 rings (SSSR count). The average Bonchev–Trinajstić information content (AvgIpc) is 3.13. The summed E-state index contributed by atoms with van der Waals surface area (Å²) in [7, 11) is 0. The Bertz CT molecular complexity index is 696. The Kier molecular flexibility index (Phi) is 3.87. The highest BCUT2D eigenvalue weighted by atomic mass is 16.3. The van der Waals surface area contributed by atoms with Crippen molar-refractivity contribution in [2.75, 3.05) is 19.6 Å². The summed E-state index contributed by atoms with van der Waals surface area (Å²) in [5, 5.41) is 2.56. The van der Waals surface area contributed by atoms with Crippen molar-refractivity contribution >= 4 is 17.8 Å². The first-order chi connectivity index (χ1) is 11.2. The van der Waals surface area contributed by atoms with Crippen LogP contribution in [0.3, 0.4) is 0 Å². The Balaban J connectivity index is 1.66. The zero-order chi connectivity index (χ0) is 17.6. The molecule has 2 atom stereocenters. The van der Waals surface area contributed by atoms with Crippen molar-refractivity contribution < 1.29 is 18.8 Å². The Morgan fingerprint density at radius 3 is 2.62 bits per heavy atom. The molecule has 0 bridgehead atoms. The number of hydrogen-bond acceptors (Lipinski definition) is 5. The van der Waals surface area contributed by atoms with Crippen molar-refractivity contribution in [3.8, 4) is 0 Å². The van der Waals surface area contributed by atoms with Gasteiger partial charge in [0, 0.05) is 19.1 Å². The molecule has 2 saturated heterocycles. The van der Waals surface area contributed by atoms with Crippen LogP contribution in [-0.4, -0.2) is 58.9 Å². The first kappa shape index (κ1) is 16.5. The van der Waals surface area contributed by atoms with Crippen LogP contribution in [0.5, 0.6) is 0 Å². The van der Waals surface area contributed by atoms with Crippen LogP contribution < -0.4 is 11.1 Å². The lowest BCUT2D eigenvalue weighted by molar-refractivity contribution is -0.137. The third-order valence-electron chi connectivity index (χ3n) is 4.58. The Morgan fingerprint density at radius 2 is 2.08 bits per heavy atom. The fraction of sp³-hybridized carbons (Fsp3) is 0.562. The number of furan rings is 1. The Labute approximate surface area is 139 Å². The van der Waals surface area contributed by atoms with E-state index in [0.29, 0.717) is 13.1 Å². The SMILES string of the molecule is Cc1ccc([C@H]2CN(C(=O)CN3C(=O)NC(C)(C)C3=O)C[C@@H]2N)o1. The van der Waals surface area contributed by atoms with Gasteiger partial charge in [0.1, 0.15) is 23.6 Å². The molecule has 2 fully saturated rings. The lowest BCUT2D eigenvalue weighted by atomic mass is 10.0. The van der Waals surface area contributed by atoms with Gasteiger partial charge in [0.25, 0.3) is 5.91 Å². The van der Waals surface area contributed by atoms with Gasteiger partial charge in [-0.2, -0.15) is 0 Å². The smallest absolute Gasteiger partial charge is 0.325 e. The monoisotopic (exact) mass is 334 g/mol. The molecule has 24 heavy (non-hydrogen) atoms. The third-order valence-corrected chi connectivity index (χ3v) is 4.58. The van der Waals surface area contributed by atoms with Crippen LogP contribution in [0.25, 0.3) is 0 Å². The summed E-state index contributed by atoms with van der Waals surface area (Å²) in [5.74, 6) is 0.775. The molecule has 2 aliphatic rings. The summed E-state index contributed by atoms with van der Waals surface area (Å²) < 4.78 is 5.61. The molecular formula is C16H22N4O4. The van der Waals surface area contributed by atoms with Crippen LogP contribution >= 0.6 is 0 Å². The van der Waals surface area contributed by atoms with Gasteiger partial charge in [0.2, 0.25) is 5.91 Å². The van der Waals surface area contributed by atoms with Gasteiger partial charge in [0.05, 0.1) is 5.92 Å². The number of aryl methyl sites for hydroxylation is 1. The summed E-state index contributed by atoms with van der Waals surface area (Å²) in [6, 6.07) is 2.95. The molecule has 0 aromatic carbocycles. The molecule has 0 aliphatic carbocycles. The van der Waals surface area contributed by atoms with Gasteiger partial charge in [-0.25, -0.2) is 4.79 Å². The summed E-state index contributed by atoms with van der Waals surface area (Å²) in [5.41, 5.74) is 5.16. The molecule has 8 heteroatoms. The molecule has 0 radical (unpaired) electrons.